The highest BCUT2D eigenvalue weighted by Crippen LogP contribution is 2.19. The van der Waals surface area contributed by atoms with Gasteiger partial charge in [0.05, 0.1) is 0 Å². The Balaban J connectivity index is 2.54. The summed E-state index contributed by atoms with van der Waals surface area (Å²) in [5.74, 6) is -1.06. The number of amides is 2. The van der Waals surface area contributed by atoms with E-state index in [1.165, 1.54) is 0 Å². The van der Waals surface area contributed by atoms with Gasteiger partial charge in [0.25, 0.3) is 0 Å². The summed E-state index contributed by atoms with van der Waals surface area (Å²) >= 11 is 5.76. The van der Waals surface area contributed by atoms with Crippen molar-refractivity contribution in [1.29, 1.82) is 0 Å². The topological polar surface area (TPSA) is 78.4 Å². The van der Waals surface area contributed by atoms with Gasteiger partial charge in [0.2, 0.25) is 0 Å². The summed E-state index contributed by atoms with van der Waals surface area (Å²) in [6.45, 7) is 5.57. The van der Waals surface area contributed by atoms with Gasteiger partial charge in [0.15, 0.2) is 0 Å². The van der Waals surface area contributed by atoms with Crippen molar-refractivity contribution >= 4 is 23.6 Å². The molecule has 0 saturated carbocycles. The van der Waals surface area contributed by atoms with Crippen LogP contribution in [-0.4, -0.2) is 23.1 Å². The third kappa shape index (κ3) is 5.09. The number of aliphatic carboxylic acids is 1. The van der Waals surface area contributed by atoms with Crippen molar-refractivity contribution in [3.63, 3.8) is 0 Å². The van der Waals surface area contributed by atoms with Crippen molar-refractivity contribution < 1.29 is 14.7 Å². The molecule has 110 valence electrons. The van der Waals surface area contributed by atoms with Gasteiger partial charge in [-0.1, -0.05) is 44.5 Å². The summed E-state index contributed by atoms with van der Waals surface area (Å²) in [6, 6.07) is 5.58. The lowest BCUT2D eigenvalue weighted by Crippen LogP contribution is -2.52. The molecule has 6 heteroatoms. The smallest absolute Gasteiger partial charge is 0.326 e. The third-order valence-corrected chi connectivity index (χ3v) is 3.01. The highest BCUT2D eigenvalue weighted by atomic mass is 35.5. The summed E-state index contributed by atoms with van der Waals surface area (Å²) < 4.78 is 0. The Labute approximate surface area is 123 Å². The monoisotopic (exact) mass is 298 g/mol. The molecule has 0 radical (unpaired) electrons. The van der Waals surface area contributed by atoms with Crippen LogP contribution in [0.15, 0.2) is 24.3 Å². The van der Waals surface area contributed by atoms with E-state index in [-0.39, 0.29) is 0 Å². The number of halogens is 1. The molecule has 0 aliphatic heterocycles. The Kier molecular flexibility index (Phi) is 5.39. The van der Waals surface area contributed by atoms with Crippen LogP contribution in [0.5, 0.6) is 0 Å². The molecule has 0 bridgehead atoms. The van der Waals surface area contributed by atoms with Gasteiger partial charge in [0, 0.05) is 11.6 Å². The number of carbonyl (C=O) groups excluding carboxylic acids is 1. The largest absolute Gasteiger partial charge is 0.480 e. The molecular formula is C14H19ClN2O3. The van der Waals surface area contributed by atoms with Gasteiger partial charge in [-0.3, -0.25) is 0 Å². The second kappa shape index (κ2) is 6.61. The Morgan fingerprint density at radius 3 is 2.25 bits per heavy atom. The van der Waals surface area contributed by atoms with E-state index >= 15 is 0 Å². The molecule has 0 aromatic heterocycles. The van der Waals surface area contributed by atoms with E-state index in [9.17, 15) is 9.59 Å². The van der Waals surface area contributed by atoms with Gasteiger partial charge in [-0.15, -0.1) is 0 Å². The summed E-state index contributed by atoms with van der Waals surface area (Å²) in [7, 11) is 0. The normalized spacial score (nSPS) is 12.6. The molecule has 1 rings (SSSR count). The summed E-state index contributed by atoms with van der Waals surface area (Å²) in [5.41, 5.74) is 0.316. The predicted molar refractivity (Wildman–Crippen MR) is 77.7 cm³/mol. The zero-order chi connectivity index (χ0) is 15.3. The van der Waals surface area contributed by atoms with Crippen molar-refractivity contribution in [2.24, 2.45) is 5.41 Å². The lowest BCUT2D eigenvalue weighted by atomic mass is 9.87. The van der Waals surface area contributed by atoms with Gasteiger partial charge in [0.1, 0.15) is 6.04 Å². The first-order chi connectivity index (χ1) is 9.20. The van der Waals surface area contributed by atoms with Gasteiger partial charge >= 0.3 is 12.0 Å². The number of hydrogen-bond donors (Lipinski definition) is 3. The summed E-state index contributed by atoms with van der Waals surface area (Å²) in [4.78, 5) is 22.9. The SMILES string of the molecule is CC(C)(C)[C@@H](NC(=O)NCc1ccc(Cl)cc1)C(=O)O. The van der Waals surface area contributed by atoms with Crippen LogP contribution in [0.2, 0.25) is 5.02 Å². The van der Waals surface area contributed by atoms with Crippen molar-refractivity contribution in [1.82, 2.24) is 10.6 Å². The molecule has 1 aromatic carbocycles. The minimum Gasteiger partial charge on any atom is -0.480 e. The standard InChI is InChI=1S/C14H19ClN2O3/c1-14(2,3)11(12(18)19)17-13(20)16-8-9-4-6-10(15)7-5-9/h4-7,11H,8H2,1-3H3,(H,18,19)(H2,16,17,20)/t11-/m0/s1. The quantitative estimate of drug-likeness (QED) is 0.799. The predicted octanol–water partition coefficient (Wildman–Crippen LogP) is 2.64. The second-order valence-corrected chi connectivity index (χ2v) is 6.03. The molecule has 3 N–H and O–H groups in total. The first-order valence-electron chi connectivity index (χ1n) is 6.22. The summed E-state index contributed by atoms with van der Waals surface area (Å²) in [5, 5.41) is 14.8. The van der Waals surface area contributed by atoms with E-state index in [1.54, 1.807) is 45.0 Å². The summed E-state index contributed by atoms with van der Waals surface area (Å²) in [6.07, 6.45) is 0. The van der Waals surface area contributed by atoms with Crippen LogP contribution in [0.25, 0.3) is 0 Å². The van der Waals surface area contributed by atoms with Gasteiger partial charge in [-0.2, -0.15) is 0 Å². The van der Waals surface area contributed by atoms with E-state index in [0.717, 1.165) is 5.56 Å². The van der Waals surface area contributed by atoms with Crippen molar-refractivity contribution in [3.05, 3.63) is 34.9 Å². The lowest BCUT2D eigenvalue weighted by molar-refractivity contribution is -0.141. The Hall–Kier alpha value is -1.75. The van der Waals surface area contributed by atoms with Crippen LogP contribution in [0, 0.1) is 5.41 Å². The molecule has 20 heavy (non-hydrogen) atoms. The van der Waals surface area contributed by atoms with Crippen LogP contribution in [0.4, 0.5) is 4.79 Å². The van der Waals surface area contributed by atoms with Gasteiger partial charge in [-0.25, -0.2) is 9.59 Å². The van der Waals surface area contributed by atoms with E-state index in [2.05, 4.69) is 10.6 Å². The van der Waals surface area contributed by atoms with E-state index in [1.807, 2.05) is 0 Å². The number of carboxylic acids is 1. The number of carbonyl (C=O) groups is 2. The van der Waals surface area contributed by atoms with Crippen molar-refractivity contribution in [2.75, 3.05) is 0 Å². The second-order valence-electron chi connectivity index (χ2n) is 5.59. The molecule has 5 nitrogen and oxygen atoms in total. The average Bonchev–Trinajstić information content (AvgIpc) is 2.33. The molecule has 1 atom stereocenters. The first kappa shape index (κ1) is 16.3. The molecule has 0 unspecified atom stereocenters. The third-order valence-electron chi connectivity index (χ3n) is 2.75. The fourth-order valence-electron chi connectivity index (χ4n) is 1.62. The molecule has 1 aromatic rings. The van der Waals surface area contributed by atoms with E-state index in [4.69, 9.17) is 16.7 Å². The lowest BCUT2D eigenvalue weighted by Gasteiger charge is -2.27. The molecule has 0 aliphatic rings. The molecule has 0 fully saturated rings. The highest BCUT2D eigenvalue weighted by Gasteiger charge is 2.32. The van der Waals surface area contributed by atoms with E-state index < -0.39 is 23.5 Å². The fourth-order valence-corrected chi connectivity index (χ4v) is 1.74. The number of hydrogen-bond acceptors (Lipinski definition) is 2. The van der Waals surface area contributed by atoms with Crippen LogP contribution >= 0.6 is 11.6 Å². The van der Waals surface area contributed by atoms with Gasteiger partial charge < -0.3 is 15.7 Å². The number of carboxylic acid groups (broad SMARTS) is 1. The zero-order valence-electron chi connectivity index (χ0n) is 11.7. The number of nitrogens with one attached hydrogen (secondary N) is 2. The Bertz CT molecular complexity index is 480. The molecular weight excluding hydrogens is 280 g/mol. The molecule has 2 amide bonds. The number of urea groups is 1. The first-order valence-corrected chi connectivity index (χ1v) is 6.59. The molecule has 0 spiro atoms. The Morgan fingerprint density at radius 2 is 1.80 bits per heavy atom. The van der Waals surface area contributed by atoms with Crippen LogP contribution in [0.1, 0.15) is 26.3 Å². The zero-order valence-corrected chi connectivity index (χ0v) is 12.5. The highest BCUT2D eigenvalue weighted by molar-refractivity contribution is 6.30. The molecule has 0 heterocycles. The molecule has 0 aliphatic carbocycles. The van der Waals surface area contributed by atoms with Crippen LogP contribution < -0.4 is 10.6 Å². The maximum atomic E-state index is 11.7. The number of benzene rings is 1. The number of rotatable bonds is 4. The van der Waals surface area contributed by atoms with Crippen LogP contribution in [0.3, 0.4) is 0 Å². The van der Waals surface area contributed by atoms with Crippen LogP contribution in [-0.2, 0) is 11.3 Å². The minimum absolute atomic E-state index is 0.305. The fraction of sp³-hybridized carbons (Fsp3) is 0.429. The van der Waals surface area contributed by atoms with E-state index in [0.29, 0.717) is 11.6 Å². The average molecular weight is 299 g/mol. The van der Waals surface area contributed by atoms with Crippen molar-refractivity contribution in [2.45, 2.75) is 33.4 Å². The minimum atomic E-state index is -1.06. The molecule has 0 saturated heterocycles. The maximum absolute atomic E-state index is 11.7. The van der Waals surface area contributed by atoms with Gasteiger partial charge in [-0.05, 0) is 23.1 Å². The Morgan fingerprint density at radius 1 is 1.25 bits per heavy atom. The van der Waals surface area contributed by atoms with Crippen molar-refractivity contribution in [3.8, 4) is 0 Å². The maximum Gasteiger partial charge on any atom is 0.326 e.